The predicted octanol–water partition coefficient (Wildman–Crippen LogP) is 3.37. The Balaban J connectivity index is 0.00000242. The average Bonchev–Trinajstić information content (AvgIpc) is 2.96. The zero-order chi connectivity index (χ0) is 15.2. The van der Waals surface area contributed by atoms with Crippen LogP contribution >= 0.6 is 12.4 Å². The van der Waals surface area contributed by atoms with Crippen LogP contribution in [0.2, 0.25) is 0 Å². The van der Waals surface area contributed by atoms with Crippen molar-refractivity contribution < 1.29 is 4.79 Å². The van der Waals surface area contributed by atoms with E-state index in [4.69, 9.17) is 0 Å². The highest BCUT2D eigenvalue weighted by atomic mass is 35.5. The van der Waals surface area contributed by atoms with Crippen molar-refractivity contribution >= 4 is 18.3 Å². The van der Waals surface area contributed by atoms with Gasteiger partial charge < -0.3 is 10.2 Å². The van der Waals surface area contributed by atoms with Crippen LogP contribution in [0.5, 0.6) is 0 Å². The number of nitrogens with one attached hydrogen (secondary N) is 1. The summed E-state index contributed by atoms with van der Waals surface area (Å²) in [5, 5.41) is 3.20. The molecule has 1 aliphatic rings. The monoisotopic (exact) mass is 324 g/mol. The van der Waals surface area contributed by atoms with E-state index in [0.29, 0.717) is 24.3 Å². The Bertz CT molecular complexity index is 461. The summed E-state index contributed by atoms with van der Waals surface area (Å²) in [7, 11) is 1.96. The van der Waals surface area contributed by atoms with Gasteiger partial charge in [0.1, 0.15) is 0 Å². The van der Waals surface area contributed by atoms with Crippen LogP contribution in [0.25, 0.3) is 0 Å². The first-order chi connectivity index (χ1) is 10.2. The third kappa shape index (κ3) is 4.72. The summed E-state index contributed by atoms with van der Waals surface area (Å²) in [5.74, 6) is 0.596. The van der Waals surface area contributed by atoms with Gasteiger partial charge in [-0.15, -0.1) is 12.4 Å². The molecule has 0 saturated carbocycles. The van der Waals surface area contributed by atoms with E-state index in [1.807, 2.05) is 7.05 Å². The highest BCUT2D eigenvalue weighted by Crippen LogP contribution is 2.24. The molecule has 124 valence electrons. The molecule has 0 spiro atoms. The quantitative estimate of drug-likeness (QED) is 0.870. The maximum atomic E-state index is 12.5. The molecular formula is C18H29ClN2O. The standard InChI is InChI=1S/C18H28N2O.ClH/c1-4-15-7-9-16(10-8-15)14(2)12-18(21)20-11-5-6-17(20)13-19-3;/h7-10,14,17,19H,4-6,11-13H2,1-3H3;1H. The maximum absolute atomic E-state index is 12.5. The molecule has 1 saturated heterocycles. The molecule has 2 rings (SSSR count). The topological polar surface area (TPSA) is 32.3 Å². The van der Waals surface area contributed by atoms with Crippen LogP contribution in [0.15, 0.2) is 24.3 Å². The minimum Gasteiger partial charge on any atom is -0.338 e. The van der Waals surface area contributed by atoms with Crippen molar-refractivity contribution in [2.24, 2.45) is 0 Å². The fourth-order valence-corrected chi connectivity index (χ4v) is 3.19. The number of carbonyl (C=O) groups is 1. The van der Waals surface area contributed by atoms with Crippen molar-refractivity contribution in [2.45, 2.75) is 51.5 Å². The predicted molar refractivity (Wildman–Crippen MR) is 94.8 cm³/mol. The second-order valence-corrected chi connectivity index (χ2v) is 6.14. The van der Waals surface area contributed by atoms with E-state index in [1.165, 1.54) is 11.1 Å². The number of aryl methyl sites for hydroxylation is 1. The number of likely N-dealkylation sites (tertiary alicyclic amines) is 1. The zero-order valence-corrected chi connectivity index (χ0v) is 14.8. The van der Waals surface area contributed by atoms with E-state index >= 15 is 0 Å². The first-order valence-corrected chi connectivity index (χ1v) is 8.18. The zero-order valence-electron chi connectivity index (χ0n) is 14.0. The highest BCUT2D eigenvalue weighted by Gasteiger charge is 2.28. The molecule has 1 heterocycles. The van der Waals surface area contributed by atoms with Crippen LogP contribution in [-0.4, -0.2) is 37.0 Å². The van der Waals surface area contributed by atoms with Gasteiger partial charge in [-0.1, -0.05) is 38.1 Å². The van der Waals surface area contributed by atoms with E-state index < -0.39 is 0 Å². The van der Waals surface area contributed by atoms with E-state index in [-0.39, 0.29) is 12.4 Å². The second-order valence-electron chi connectivity index (χ2n) is 6.14. The van der Waals surface area contributed by atoms with Gasteiger partial charge in [0.25, 0.3) is 0 Å². The van der Waals surface area contributed by atoms with Gasteiger partial charge in [-0.2, -0.15) is 0 Å². The van der Waals surface area contributed by atoms with Crippen LogP contribution in [0, 0.1) is 0 Å². The molecule has 1 N–H and O–H groups in total. The number of nitrogens with zero attached hydrogens (tertiary/aromatic N) is 1. The van der Waals surface area contributed by atoms with E-state index in [1.54, 1.807) is 0 Å². The number of amides is 1. The first kappa shape index (κ1) is 19.0. The van der Waals surface area contributed by atoms with Gasteiger partial charge in [-0.25, -0.2) is 0 Å². The smallest absolute Gasteiger partial charge is 0.223 e. The fraction of sp³-hybridized carbons (Fsp3) is 0.611. The Morgan fingerprint density at radius 2 is 2.05 bits per heavy atom. The van der Waals surface area contributed by atoms with Crippen LogP contribution in [-0.2, 0) is 11.2 Å². The van der Waals surface area contributed by atoms with Crippen LogP contribution in [0.4, 0.5) is 0 Å². The van der Waals surface area contributed by atoms with Gasteiger partial charge in [-0.05, 0) is 43.4 Å². The lowest BCUT2D eigenvalue weighted by atomic mass is 9.95. The SMILES string of the molecule is CCc1ccc(C(C)CC(=O)N2CCCC2CNC)cc1.Cl. The molecule has 22 heavy (non-hydrogen) atoms. The van der Waals surface area contributed by atoms with Crippen molar-refractivity contribution in [1.29, 1.82) is 0 Å². The first-order valence-electron chi connectivity index (χ1n) is 8.18. The lowest BCUT2D eigenvalue weighted by molar-refractivity contribution is -0.132. The molecule has 0 aromatic heterocycles. The lowest BCUT2D eigenvalue weighted by Gasteiger charge is -2.26. The number of hydrogen-bond acceptors (Lipinski definition) is 2. The van der Waals surface area contributed by atoms with Gasteiger partial charge in [0.15, 0.2) is 0 Å². The van der Waals surface area contributed by atoms with Gasteiger partial charge in [0.2, 0.25) is 5.91 Å². The summed E-state index contributed by atoms with van der Waals surface area (Å²) in [6, 6.07) is 9.08. The van der Waals surface area contributed by atoms with Crippen LogP contribution in [0.3, 0.4) is 0 Å². The number of carbonyl (C=O) groups excluding carboxylic acids is 1. The van der Waals surface area contributed by atoms with Crippen molar-refractivity contribution in [3.8, 4) is 0 Å². The van der Waals surface area contributed by atoms with Crippen molar-refractivity contribution in [3.05, 3.63) is 35.4 Å². The fourth-order valence-electron chi connectivity index (χ4n) is 3.19. The minimum atomic E-state index is 0. The summed E-state index contributed by atoms with van der Waals surface area (Å²) in [5.41, 5.74) is 2.62. The molecule has 1 aliphatic heterocycles. The molecule has 0 bridgehead atoms. The Labute approximate surface area is 140 Å². The Hall–Kier alpha value is -1.06. The van der Waals surface area contributed by atoms with E-state index in [2.05, 4.69) is 48.3 Å². The maximum Gasteiger partial charge on any atom is 0.223 e. The minimum absolute atomic E-state index is 0. The number of rotatable bonds is 6. The summed E-state index contributed by atoms with van der Waals surface area (Å²) in [6.07, 6.45) is 3.95. The van der Waals surface area contributed by atoms with Crippen LogP contribution < -0.4 is 5.32 Å². The third-order valence-electron chi connectivity index (χ3n) is 4.58. The summed E-state index contributed by atoms with van der Waals surface area (Å²) in [4.78, 5) is 14.6. The lowest BCUT2D eigenvalue weighted by Crippen LogP contribution is -2.41. The molecule has 2 atom stereocenters. The number of likely N-dealkylation sites (N-methyl/N-ethyl adjacent to an activating group) is 1. The molecule has 1 fully saturated rings. The van der Waals surface area contributed by atoms with Crippen molar-refractivity contribution in [1.82, 2.24) is 10.2 Å². The highest BCUT2D eigenvalue weighted by molar-refractivity contribution is 5.85. The van der Waals surface area contributed by atoms with Gasteiger partial charge >= 0.3 is 0 Å². The third-order valence-corrected chi connectivity index (χ3v) is 4.58. The Kier molecular flexibility index (Phi) is 7.91. The number of halogens is 1. The molecule has 4 heteroatoms. The molecule has 3 nitrogen and oxygen atoms in total. The van der Waals surface area contributed by atoms with Gasteiger partial charge in [0, 0.05) is 25.6 Å². The normalized spacial score (nSPS) is 18.9. The number of benzene rings is 1. The Morgan fingerprint density at radius 3 is 2.64 bits per heavy atom. The molecule has 0 radical (unpaired) electrons. The molecule has 1 amide bonds. The molecular weight excluding hydrogens is 296 g/mol. The summed E-state index contributed by atoms with van der Waals surface area (Å²) >= 11 is 0. The van der Waals surface area contributed by atoms with Gasteiger partial charge in [-0.3, -0.25) is 4.79 Å². The van der Waals surface area contributed by atoms with Crippen LogP contribution in [0.1, 0.15) is 50.2 Å². The van der Waals surface area contributed by atoms with Crippen molar-refractivity contribution in [3.63, 3.8) is 0 Å². The largest absolute Gasteiger partial charge is 0.338 e. The molecule has 0 aliphatic carbocycles. The molecule has 1 aromatic rings. The second kappa shape index (κ2) is 9.16. The molecule has 1 aromatic carbocycles. The number of hydrogen-bond donors (Lipinski definition) is 1. The Morgan fingerprint density at radius 1 is 1.36 bits per heavy atom. The van der Waals surface area contributed by atoms with E-state index in [0.717, 1.165) is 32.4 Å². The summed E-state index contributed by atoms with van der Waals surface area (Å²) < 4.78 is 0. The van der Waals surface area contributed by atoms with Gasteiger partial charge in [0.05, 0.1) is 0 Å². The summed E-state index contributed by atoms with van der Waals surface area (Å²) in [6.45, 7) is 6.15. The molecule has 2 unspecified atom stereocenters. The average molecular weight is 325 g/mol. The van der Waals surface area contributed by atoms with Crippen molar-refractivity contribution in [2.75, 3.05) is 20.1 Å². The van der Waals surface area contributed by atoms with E-state index in [9.17, 15) is 4.79 Å².